The molecular formula is C28H22N2O4. The summed E-state index contributed by atoms with van der Waals surface area (Å²) < 4.78 is 1.47. The number of nitrogens with zero attached hydrogens (tertiary/aromatic N) is 1. The number of amides is 1. The molecule has 3 aromatic carbocycles. The second kappa shape index (κ2) is 7.92. The number of aromatic nitrogens is 1. The lowest BCUT2D eigenvalue weighted by Gasteiger charge is -2.18. The van der Waals surface area contributed by atoms with Gasteiger partial charge in [-0.25, -0.2) is 0 Å². The van der Waals surface area contributed by atoms with Gasteiger partial charge in [0.1, 0.15) is 6.54 Å². The van der Waals surface area contributed by atoms with Crippen LogP contribution in [0.5, 0.6) is 0 Å². The minimum atomic E-state index is -0.401. The molecule has 1 aliphatic carbocycles. The highest BCUT2D eigenvalue weighted by Gasteiger charge is 2.29. The van der Waals surface area contributed by atoms with Gasteiger partial charge in [0.05, 0.1) is 5.52 Å². The van der Waals surface area contributed by atoms with Crippen molar-refractivity contribution in [3.8, 4) is 0 Å². The van der Waals surface area contributed by atoms with E-state index in [0.29, 0.717) is 22.4 Å². The van der Waals surface area contributed by atoms with Gasteiger partial charge in [0.15, 0.2) is 11.6 Å². The van der Waals surface area contributed by atoms with E-state index in [1.807, 2.05) is 32.9 Å². The van der Waals surface area contributed by atoms with E-state index in [9.17, 15) is 19.2 Å². The summed E-state index contributed by atoms with van der Waals surface area (Å²) in [6, 6.07) is 16.9. The van der Waals surface area contributed by atoms with Crippen LogP contribution in [0.3, 0.4) is 0 Å². The molecule has 0 bridgehead atoms. The SMILES string of the molecule is Cc1cc(C)c2c(c1)c(C)cc(=O)n2CC(=O)Nc1ccc2c(c1)C(=O)c1ccccc1C2=O. The lowest BCUT2D eigenvalue weighted by Crippen LogP contribution is -2.28. The van der Waals surface area contributed by atoms with Gasteiger partial charge in [-0.2, -0.15) is 0 Å². The maximum Gasteiger partial charge on any atom is 0.251 e. The smallest absolute Gasteiger partial charge is 0.251 e. The third-order valence-electron chi connectivity index (χ3n) is 6.26. The van der Waals surface area contributed by atoms with Gasteiger partial charge in [-0.15, -0.1) is 0 Å². The number of hydrogen-bond donors (Lipinski definition) is 1. The Bertz CT molecular complexity index is 1610. The zero-order valence-corrected chi connectivity index (χ0v) is 19.1. The number of aryl methyl sites for hydroxylation is 3. The van der Waals surface area contributed by atoms with Crippen molar-refractivity contribution in [3.63, 3.8) is 0 Å². The van der Waals surface area contributed by atoms with Gasteiger partial charge in [0.25, 0.3) is 5.56 Å². The van der Waals surface area contributed by atoms with Crippen molar-refractivity contribution in [3.05, 3.63) is 110 Å². The van der Waals surface area contributed by atoms with E-state index >= 15 is 0 Å². The Balaban J connectivity index is 1.47. The molecule has 0 saturated heterocycles. The number of nitrogens with one attached hydrogen (secondary N) is 1. The number of carbonyl (C=O) groups is 3. The summed E-state index contributed by atoms with van der Waals surface area (Å²) in [6.45, 7) is 5.63. The van der Waals surface area contributed by atoms with Crippen molar-refractivity contribution in [2.45, 2.75) is 27.3 Å². The second-order valence-electron chi connectivity index (χ2n) is 8.74. The molecule has 1 amide bonds. The maximum atomic E-state index is 13.0. The summed E-state index contributed by atoms with van der Waals surface area (Å²) in [7, 11) is 0. The Labute approximate surface area is 195 Å². The average Bonchev–Trinajstić information content (AvgIpc) is 2.80. The predicted octanol–water partition coefficient (Wildman–Crippen LogP) is 4.34. The fourth-order valence-electron chi connectivity index (χ4n) is 4.75. The van der Waals surface area contributed by atoms with Crippen LogP contribution in [0.4, 0.5) is 5.69 Å². The Morgan fingerprint density at radius 1 is 0.765 bits per heavy atom. The van der Waals surface area contributed by atoms with E-state index in [2.05, 4.69) is 5.32 Å². The highest BCUT2D eigenvalue weighted by Crippen LogP contribution is 2.29. The molecule has 0 saturated carbocycles. The summed E-state index contributed by atoms with van der Waals surface area (Å²) in [6.07, 6.45) is 0. The zero-order valence-electron chi connectivity index (χ0n) is 19.1. The Kier molecular flexibility index (Phi) is 5.01. The molecule has 6 nitrogen and oxygen atoms in total. The molecular weight excluding hydrogens is 428 g/mol. The highest BCUT2D eigenvalue weighted by atomic mass is 16.2. The molecule has 0 aliphatic heterocycles. The Morgan fingerprint density at radius 2 is 1.41 bits per heavy atom. The number of rotatable bonds is 3. The van der Waals surface area contributed by atoms with Gasteiger partial charge in [-0.05, 0) is 56.2 Å². The molecule has 0 fully saturated rings. The number of carbonyl (C=O) groups excluding carboxylic acids is 3. The first-order chi connectivity index (χ1) is 16.2. The number of anilines is 1. The molecule has 34 heavy (non-hydrogen) atoms. The summed E-state index contributed by atoms with van der Waals surface area (Å²) in [4.78, 5) is 51.5. The second-order valence-corrected chi connectivity index (χ2v) is 8.74. The summed E-state index contributed by atoms with van der Waals surface area (Å²) in [5, 5.41) is 3.71. The number of pyridine rings is 1. The molecule has 1 aromatic heterocycles. The Morgan fingerprint density at radius 3 is 2.12 bits per heavy atom. The van der Waals surface area contributed by atoms with Gasteiger partial charge in [0, 0.05) is 39.4 Å². The van der Waals surface area contributed by atoms with E-state index in [1.54, 1.807) is 36.4 Å². The van der Waals surface area contributed by atoms with Gasteiger partial charge in [-0.3, -0.25) is 23.7 Å². The van der Waals surface area contributed by atoms with Crippen molar-refractivity contribution < 1.29 is 14.4 Å². The lowest BCUT2D eigenvalue weighted by atomic mass is 9.84. The molecule has 5 rings (SSSR count). The molecule has 6 heteroatoms. The van der Waals surface area contributed by atoms with E-state index in [4.69, 9.17) is 0 Å². The Hall–Kier alpha value is -4.32. The normalized spacial score (nSPS) is 12.4. The first-order valence-corrected chi connectivity index (χ1v) is 11.0. The van der Waals surface area contributed by atoms with Crippen LogP contribution < -0.4 is 10.9 Å². The third-order valence-corrected chi connectivity index (χ3v) is 6.26. The van der Waals surface area contributed by atoms with Crippen LogP contribution in [0.1, 0.15) is 48.5 Å². The third kappa shape index (κ3) is 3.44. The number of hydrogen-bond acceptors (Lipinski definition) is 4. The van der Waals surface area contributed by atoms with Crippen molar-refractivity contribution in [1.82, 2.24) is 4.57 Å². The standard InChI is InChI=1S/C28H22N2O4/c1-15-10-17(3)26-22(11-15)16(2)12-25(32)30(26)14-24(31)29-18-8-9-21-23(13-18)28(34)20-7-5-4-6-19(20)27(21)33/h4-13H,14H2,1-3H3,(H,29,31). The largest absolute Gasteiger partial charge is 0.325 e. The zero-order chi connectivity index (χ0) is 24.1. The molecule has 0 radical (unpaired) electrons. The number of benzene rings is 3. The summed E-state index contributed by atoms with van der Waals surface area (Å²) in [5.74, 6) is -0.873. The van der Waals surface area contributed by atoms with Crippen molar-refractivity contribution >= 4 is 34.1 Å². The van der Waals surface area contributed by atoms with Crippen LogP contribution in [0.2, 0.25) is 0 Å². The predicted molar refractivity (Wildman–Crippen MR) is 131 cm³/mol. The monoisotopic (exact) mass is 450 g/mol. The topological polar surface area (TPSA) is 85.2 Å². The first-order valence-electron chi connectivity index (χ1n) is 11.0. The average molecular weight is 450 g/mol. The first kappa shape index (κ1) is 21.5. The number of fused-ring (bicyclic) bond motifs is 3. The molecule has 1 aliphatic rings. The van der Waals surface area contributed by atoms with Crippen molar-refractivity contribution in [2.24, 2.45) is 0 Å². The quantitative estimate of drug-likeness (QED) is 0.443. The van der Waals surface area contributed by atoms with Crippen molar-refractivity contribution in [1.29, 1.82) is 0 Å². The molecule has 1 heterocycles. The lowest BCUT2D eigenvalue weighted by molar-refractivity contribution is -0.116. The molecule has 168 valence electrons. The fourth-order valence-corrected chi connectivity index (χ4v) is 4.75. The van der Waals surface area contributed by atoms with Crippen LogP contribution in [0.15, 0.2) is 65.5 Å². The van der Waals surface area contributed by atoms with E-state index in [1.165, 1.54) is 16.7 Å². The number of ketones is 2. The van der Waals surface area contributed by atoms with E-state index in [-0.39, 0.29) is 29.2 Å². The molecule has 0 unspecified atom stereocenters. The van der Waals surface area contributed by atoms with Gasteiger partial charge >= 0.3 is 0 Å². The molecule has 4 aromatic rings. The summed E-state index contributed by atoms with van der Waals surface area (Å²) in [5.41, 5.74) is 5.03. The van der Waals surface area contributed by atoms with Crippen LogP contribution in [0, 0.1) is 20.8 Å². The van der Waals surface area contributed by atoms with Crippen LogP contribution in [0.25, 0.3) is 10.9 Å². The minimum Gasteiger partial charge on any atom is -0.325 e. The molecule has 0 atom stereocenters. The van der Waals surface area contributed by atoms with Gasteiger partial charge in [-0.1, -0.05) is 35.9 Å². The van der Waals surface area contributed by atoms with Gasteiger partial charge < -0.3 is 5.32 Å². The minimum absolute atomic E-state index is 0.174. The molecule has 1 N–H and O–H groups in total. The van der Waals surface area contributed by atoms with Crippen LogP contribution in [-0.4, -0.2) is 22.0 Å². The van der Waals surface area contributed by atoms with Crippen LogP contribution in [-0.2, 0) is 11.3 Å². The van der Waals surface area contributed by atoms with E-state index < -0.39 is 5.91 Å². The maximum absolute atomic E-state index is 13.0. The van der Waals surface area contributed by atoms with Crippen LogP contribution >= 0.6 is 0 Å². The van der Waals surface area contributed by atoms with Crippen molar-refractivity contribution in [2.75, 3.05) is 5.32 Å². The highest BCUT2D eigenvalue weighted by molar-refractivity contribution is 6.28. The van der Waals surface area contributed by atoms with Gasteiger partial charge in [0.2, 0.25) is 5.91 Å². The van der Waals surface area contributed by atoms with E-state index in [0.717, 1.165) is 27.6 Å². The fraction of sp³-hybridized carbons (Fsp3) is 0.143. The molecule has 0 spiro atoms. The summed E-state index contributed by atoms with van der Waals surface area (Å²) >= 11 is 0.